The number of carboxylic acids is 1. The van der Waals surface area contributed by atoms with E-state index in [1.54, 1.807) is 19.0 Å². The Bertz CT molecular complexity index is 377. The zero-order chi connectivity index (χ0) is 15.3. The molecular formula is C12H21N3O5. The van der Waals surface area contributed by atoms with Gasteiger partial charge in [0.05, 0.1) is 6.61 Å². The highest BCUT2D eigenvalue weighted by molar-refractivity contribution is 5.85. The quantitative estimate of drug-likeness (QED) is 0.610. The van der Waals surface area contributed by atoms with Crippen molar-refractivity contribution in [2.45, 2.75) is 18.9 Å². The van der Waals surface area contributed by atoms with Gasteiger partial charge < -0.3 is 25.3 Å². The van der Waals surface area contributed by atoms with Crippen LogP contribution in [0, 0.1) is 5.92 Å². The number of urea groups is 1. The summed E-state index contributed by atoms with van der Waals surface area (Å²) in [5, 5.41) is 19.9. The number of hydrogen-bond acceptors (Lipinski definition) is 4. The molecule has 0 bridgehead atoms. The molecule has 1 aliphatic heterocycles. The van der Waals surface area contributed by atoms with E-state index >= 15 is 0 Å². The van der Waals surface area contributed by atoms with Crippen LogP contribution in [-0.4, -0.2) is 77.8 Å². The molecule has 20 heavy (non-hydrogen) atoms. The molecule has 0 saturated carbocycles. The minimum atomic E-state index is -1.27. The van der Waals surface area contributed by atoms with Gasteiger partial charge in [-0.2, -0.15) is 0 Å². The van der Waals surface area contributed by atoms with Crippen LogP contribution in [0.15, 0.2) is 0 Å². The van der Waals surface area contributed by atoms with Crippen LogP contribution in [0.2, 0.25) is 0 Å². The summed E-state index contributed by atoms with van der Waals surface area (Å²) >= 11 is 0. The average Bonchev–Trinajstić information content (AvgIpc) is 2.43. The molecule has 0 radical (unpaired) electrons. The maximum Gasteiger partial charge on any atom is 0.328 e. The summed E-state index contributed by atoms with van der Waals surface area (Å²) in [5.74, 6) is -1.97. The molecule has 1 atom stereocenters. The average molecular weight is 287 g/mol. The maximum absolute atomic E-state index is 11.9. The SMILES string of the molecule is CN(C)C(=O)N1CCC(C(=O)N[C@@H](CO)C(=O)O)CC1. The van der Waals surface area contributed by atoms with E-state index in [2.05, 4.69) is 5.32 Å². The van der Waals surface area contributed by atoms with Crippen molar-refractivity contribution >= 4 is 17.9 Å². The smallest absolute Gasteiger partial charge is 0.328 e. The first kappa shape index (κ1) is 16.2. The highest BCUT2D eigenvalue weighted by Gasteiger charge is 2.30. The number of hydrogen-bond donors (Lipinski definition) is 3. The molecule has 8 heteroatoms. The number of piperidine rings is 1. The number of carbonyl (C=O) groups is 3. The van der Waals surface area contributed by atoms with Crippen LogP contribution in [0.1, 0.15) is 12.8 Å². The monoisotopic (exact) mass is 287 g/mol. The van der Waals surface area contributed by atoms with E-state index in [0.29, 0.717) is 25.9 Å². The van der Waals surface area contributed by atoms with Gasteiger partial charge in [0.1, 0.15) is 6.04 Å². The van der Waals surface area contributed by atoms with Crippen LogP contribution >= 0.6 is 0 Å². The van der Waals surface area contributed by atoms with Gasteiger partial charge in [-0.15, -0.1) is 0 Å². The number of carbonyl (C=O) groups excluding carboxylic acids is 2. The third-order valence-electron chi connectivity index (χ3n) is 3.32. The van der Waals surface area contributed by atoms with Crippen molar-refractivity contribution in [2.24, 2.45) is 5.92 Å². The van der Waals surface area contributed by atoms with E-state index in [0.717, 1.165) is 0 Å². The van der Waals surface area contributed by atoms with Crippen molar-refractivity contribution in [3.63, 3.8) is 0 Å². The van der Waals surface area contributed by atoms with Gasteiger partial charge >= 0.3 is 12.0 Å². The topological polar surface area (TPSA) is 110 Å². The van der Waals surface area contributed by atoms with E-state index in [-0.39, 0.29) is 17.9 Å². The minimum Gasteiger partial charge on any atom is -0.480 e. The van der Waals surface area contributed by atoms with Crippen LogP contribution in [0.5, 0.6) is 0 Å². The van der Waals surface area contributed by atoms with Crippen molar-refractivity contribution in [3.05, 3.63) is 0 Å². The van der Waals surface area contributed by atoms with Gasteiger partial charge in [-0.1, -0.05) is 0 Å². The molecule has 3 amide bonds. The first-order chi connectivity index (χ1) is 9.36. The number of nitrogens with one attached hydrogen (secondary N) is 1. The Kier molecular flexibility index (Phi) is 5.75. The molecule has 0 aromatic rings. The summed E-state index contributed by atoms with van der Waals surface area (Å²) < 4.78 is 0. The Morgan fingerprint density at radius 3 is 2.25 bits per heavy atom. The predicted octanol–water partition coefficient (Wildman–Crippen LogP) is -1.06. The fourth-order valence-corrected chi connectivity index (χ4v) is 2.09. The molecule has 0 aromatic carbocycles. The van der Waals surface area contributed by atoms with E-state index in [4.69, 9.17) is 10.2 Å². The molecule has 0 unspecified atom stereocenters. The molecule has 114 valence electrons. The van der Waals surface area contributed by atoms with Crippen LogP contribution in [-0.2, 0) is 9.59 Å². The molecule has 0 aromatic heterocycles. The number of aliphatic hydroxyl groups excluding tert-OH is 1. The molecule has 1 heterocycles. The summed E-state index contributed by atoms with van der Waals surface area (Å²) in [6.45, 7) is 0.289. The number of aliphatic hydroxyl groups is 1. The second-order valence-electron chi connectivity index (χ2n) is 5.02. The van der Waals surface area contributed by atoms with Crippen molar-refractivity contribution in [3.8, 4) is 0 Å². The van der Waals surface area contributed by atoms with Gasteiger partial charge in [0, 0.05) is 33.1 Å². The molecule has 3 N–H and O–H groups in total. The van der Waals surface area contributed by atoms with E-state index < -0.39 is 18.6 Å². The Morgan fingerprint density at radius 1 is 1.30 bits per heavy atom. The van der Waals surface area contributed by atoms with Gasteiger partial charge in [0.25, 0.3) is 0 Å². The molecule has 1 saturated heterocycles. The number of amides is 3. The van der Waals surface area contributed by atoms with Crippen molar-refractivity contribution in [1.82, 2.24) is 15.1 Å². The summed E-state index contributed by atoms with van der Waals surface area (Å²) in [4.78, 5) is 37.5. The van der Waals surface area contributed by atoms with E-state index in [9.17, 15) is 14.4 Å². The second-order valence-corrected chi connectivity index (χ2v) is 5.02. The lowest BCUT2D eigenvalue weighted by Crippen LogP contribution is -2.50. The molecule has 0 aliphatic carbocycles. The van der Waals surface area contributed by atoms with E-state index in [1.165, 1.54) is 4.90 Å². The first-order valence-corrected chi connectivity index (χ1v) is 6.47. The van der Waals surface area contributed by atoms with Gasteiger partial charge in [0.15, 0.2) is 0 Å². The standard InChI is InChI=1S/C12H21N3O5/c1-14(2)12(20)15-5-3-8(4-6-15)10(17)13-9(7-16)11(18)19/h8-9,16H,3-7H2,1-2H3,(H,13,17)(H,18,19)/t9-/m0/s1. The molecule has 1 fully saturated rings. The fraction of sp³-hybridized carbons (Fsp3) is 0.750. The molecule has 1 rings (SSSR count). The number of carboxylic acid groups (broad SMARTS) is 1. The van der Waals surface area contributed by atoms with Crippen LogP contribution < -0.4 is 5.32 Å². The number of rotatable bonds is 4. The van der Waals surface area contributed by atoms with Crippen molar-refractivity contribution < 1.29 is 24.6 Å². The van der Waals surface area contributed by atoms with Gasteiger partial charge in [0.2, 0.25) is 5.91 Å². The Labute approximate surface area is 117 Å². The zero-order valence-electron chi connectivity index (χ0n) is 11.7. The lowest BCUT2D eigenvalue weighted by Gasteiger charge is -2.33. The summed E-state index contributed by atoms with van der Waals surface area (Å²) in [6, 6.07) is -1.37. The minimum absolute atomic E-state index is 0.0948. The molecule has 8 nitrogen and oxygen atoms in total. The highest BCUT2D eigenvalue weighted by Crippen LogP contribution is 2.18. The Hall–Kier alpha value is -1.83. The highest BCUT2D eigenvalue weighted by atomic mass is 16.4. The van der Waals surface area contributed by atoms with Crippen LogP contribution in [0.4, 0.5) is 4.79 Å². The van der Waals surface area contributed by atoms with Crippen molar-refractivity contribution in [1.29, 1.82) is 0 Å². The van der Waals surface area contributed by atoms with E-state index in [1.807, 2.05) is 0 Å². The van der Waals surface area contributed by atoms with Gasteiger partial charge in [-0.25, -0.2) is 9.59 Å². The Morgan fingerprint density at radius 2 is 1.85 bits per heavy atom. The molecular weight excluding hydrogens is 266 g/mol. The number of nitrogens with zero attached hydrogens (tertiary/aromatic N) is 2. The number of likely N-dealkylation sites (tertiary alicyclic amines) is 1. The van der Waals surface area contributed by atoms with Gasteiger partial charge in [-0.05, 0) is 12.8 Å². The fourth-order valence-electron chi connectivity index (χ4n) is 2.09. The van der Waals surface area contributed by atoms with Crippen LogP contribution in [0.3, 0.4) is 0 Å². The normalized spacial score (nSPS) is 17.4. The predicted molar refractivity (Wildman–Crippen MR) is 70.0 cm³/mol. The summed E-state index contributed by atoms with van der Waals surface area (Å²) in [5.41, 5.74) is 0. The van der Waals surface area contributed by atoms with Gasteiger partial charge in [-0.3, -0.25) is 4.79 Å². The third-order valence-corrected chi connectivity index (χ3v) is 3.32. The summed E-state index contributed by atoms with van der Waals surface area (Å²) in [7, 11) is 3.33. The zero-order valence-corrected chi connectivity index (χ0v) is 11.7. The first-order valence-electron chi connectivity index (χ1n) is 6.47. The van der Waals surface area contributed by atoms with Crippen LogP contribution in [0.25, 0.3) is 0 Å². The lowest BCUT2D eigenvalue weighted by molar-refractivity contribution is -0.143. The molecule has 1 aliphatic rings. The Balaban J connectivity index is 2.47. The summed E-state index contributed by atoms with van der Waals surface area (Å²) in [6.07, 6.45) is 0.979. The molecule has 0 spiro atoms. The number of aliphatic carboxylic acids is 1. The second kappa shape index (κ2) is 7.09. The maximum atomic E-state index is 11.9. The lowest BCUT2D eigenvalue weighted by atomic mass is 9.95. The third kappa shape index (κ3) is 4.09. The largest absolute Gasteiger partial charge is 0.480 e. The van der Waals surface area contributed by atoms with Crippen molar-refractivity contribution in [2.75, 3.05) is 33.8 Å².